The number of nitrogens with zero attached hydrogens (tertiary/aromatic N) is 3. The monoisotopic (exact) mass is 446 g/mol. The molecule has 5 heteroatoms. The van der Waals surface area contributed by atoms with Crippen molar-refractivity contribution < 1.29 is 0 Å². The lowest BCUT2D eigenvalue weighted by Crippen LogP contribution is -2.34. The zero-order chi connectivity index (χ0) is 19.6. The van der Waals surface area contributed by atoms with Gasteiger partial charge in [-0.1, -0.05) is 34.1 Å². The first kappa shape index (κ1) is 18.5. The van der Waals surface area contributed by atoms with Gasteiger partial charge in [0.25, 0.3) is 0 Å². The highest BCUT2D eigenvalue weighted by molar-refractivity contribution is 9.10. The van der Waals surface area contributed by atoms with Crippen LogP contribution in [0.5, 0.6) is 0 Å². The Labute approximate surface area is 179 Å². The van der Waals surface area contributed by atoms with Gasteiger partial charge in [-0.15, -0.1) is 0 Å². The first-order chi connectivity index (χ1) is 14.2. The minimum atomic E-state index is 0.455. The van der Waals surface area contributed by atoms with E-state index in [9.17, 15) is 0 Å². The van der Waals surface area contributed by atoms with Crippen molar-refractivity contribution in [1.82, 2.24) is 19.9 Å². The molecule has 0 radical (unpaired) electrons. The van der Waals surface area contributed by atoms with Crippen molar-refractivity contribution in [1.29, 1.82) is 0 Å². The molecule has 1 fully saturated rings. The standard InChI is InChI=1S/C24H23BrN4/c25-21-6-3-17(4-7-21)15-29-13-1-2-20(16-29)24-27-22-8-5-19(14-23(22)28-24)18-9-11-26-12-10-18/h3-12,14,20H,1-2,13,15-16H2,(H,27,28). The molecule has 0 bridgehead atoms. The van der Waals surface area contributed by atoms with Crippen LogP contribution in [0.3, 0.4) is 0 Å². The maximum Gasteiger partial charge on any atom is 0.111 e. The van der Waals surface area contributed by atoms with Crippen LogP contribution in [0.1, 0.15) is 30.1 Å². The van der Waals surface area contributed by atoms with Gasteiger partial charge in [-0.2, -0.15) is 0 Å². The number of hydrogen-bond acceptors (Lipinski definition) is 3. The molecule has 2 aromatic carbocycles. The lowest BCUT2D eigenvalue weighted by Gasteiger charge is -2.31. The number of likely N-dealkylation sites (tertiary alicyclic amines) is 1. The number of rotatable bonds is 4. The Kier molecular flexibility index (Phi) is 5.17. The van der Waals surface area contributed by atoms with Gasteiger partial charge in [-0.25, -0.2) is 4.98 Å². The SMILES string of the molecule is Brc1ccc(CN2CCCC(c3nc4ccc(-c5ccncc5)cc4[nH]3)C2)cc1. The highest BCUT2D eigenvalue weighted by Crippen LogP contribution is 2.29. The Bertz CT molecular complexity index is 1100. The third kappa shape index (κ3) is 4.11. The molecule has 4 nitrogen and oxygen atoms in total. The zero-order valence-electron chi connectivity index (χ0n) is 16.2. The molecule has 1 N–H and O–H groups in total. The summed E-state index contributed by atoms with van der Waals surface area (Å²) >= 11 is 3.52. The number of hydrogen-bond donors (Lipinski definition) is 1. The smallest absolute Gasteiger partial charge is 0.111 e. The first-order valence-electron chi connectivity index (χ1n) is 10.1. The summed E-state index contributed by atoms with van der Waals surface area (Å²) in [5.41, 5.74) is 5.88. The lowest BCUT2D eigenvalue weighted by molar-refractivity contribution is 0.197. The van der Waals surface area contributed by atoms with Crippen LogP contribution >= 0.6 is 15.9 Å². The van der Waals surface area contributed by atoms with E-state index in [0.717, 1.165) is 41.0 Å². The molecule has 1 aliphatic heterocycles. The van der Waals surface area contributed by atoms with Crippen LogP contribution in [-0.2, 0) is 6.54 Å². The number of benzene rings is 2. The number of fused-ring (bicyclic) bond motifs is 1. The number of imidazole rings is 1. The molecule has 146 valence electrons. The van der Waals surface area contributed by atoms with Crippen LogP contribution in [0, 0.1) is 0 Å². The fourth-order valence-electron chi connectivity index (χ4n) is 4.22. The third-order valence-corrected chi connectivity index (χ3v) is 6.25. The molecule has 3 heterocycles. The number of H-pyrrole nitrogens is 1. The van der Waals surface area contributed by atoms with Crippen molar-refractivity contribution in [3.63, 3.8) is 0 Å². The summed E-state index contributed by atoms with van der Waals surface area (Å²) in [6.07, 6.45) is 6.06. The van der Waals surface area contributed by atoms with E-state index >= 15 is 0 Å². The number of aromatic amines is 1. The van der Waals surface area contributed by atoms with Crippen LogP contribution in [0.2, 0.25) is 0 Å². The van der Waals surface area contributed by atoms with Crippen molar-refractivity contribution in [2.24, 2.45) is 0 Å². The van der Waals surface area contributed by atoms with Crippen LogP contribution in [0.4, 0.5) is 0 Å². The Balaban J connectivity index is 1.35. The number of aromatic nitrogens is 3. The van der Waals surface area contributed by atoms with Crippen LogP contribution in [-0.4, -0.2) is 32.9 Å². The normalized spacial score (nSPS) is 17.6. The Morgan fingerprint density at radius 1 is 1.00 bits per heavy atom. The first-order valence-corrected chi connectivity index (χ1v) is 10.9. The Morgan fingerprint density at radius 2 is 1.83 bits per heavy atom. The predicted molar refractivity (Wildman–Crippen MR) is 121 cm³/mol. The number of halogens is 1. The van der Waals surface area contributed by atoms with E-state index in [2.05, 4.69) is 73.3 Å². The average molecular weight is 447 g/mol. The van der Waals surface area contributed by atoms with E-state index in [-0.39, 0.29) is 0 Å². The molecule has 1 unspecified atom stereocenters. The molecule has 5 rings (SSSR count). The fraction of sp³-hybridized carbons (Fsp3) is 0.250. The second-order valence-corrected chi connectivity index (χ2v) is 8.71. The zero-order valence-corrected chi connectivity index (χ0v) is 17.8. The van der Waals surface area contributed by atoms with Gasteiger partial charge in [0.15, 0.2) is 0 Å². The minimum Gasteiger partial charge on any atom is -0.342 e. The maximum absolute atomic E-state index is 4.92. The number of piperidine rings is 1. The van der Waals surface area contributed by atoms with Crippen molar-refractivity contribution in [2.45, 2.75) is 25.3 Å². The second kappa shape index (κ2) is 8.09. The van der Waals surface area contributed by atoms with Gasteiger partial charge in [0.2, 0.25) is 0 Å². The summed E-state index contributed by atoms with van der Waals surface area (Å²) < 4.78 is 1.13. The summed E-state index contributed by atoms with van der Waals surface area (Å²) in [5, 5.41) is 0. The number of nitrogens with one attached hydrogen (secondary N) is 1. The van der Waals surface area contributed by atoms with Gasteiger partial charge in [0.05, 0.1) is 11.0 Å². The summed E-state index contributed by atoms with van der Waals surface area (Å²) in [7, 11) is 0. The molecule has 1 aliphatic rings. The summed E-state index contributed by atoms with van der Waals surface area (Å²) in [6.45, 7) is 3.20. The Morgan fingerprint density at radius 3 is 2.66 bits per heavy atom. The van der Waals surface area contributed by atoms with E-state index in [0.29, 0.717) is 5.92 Å². The minimum absolute atomic E-state index is 0.455. The lowest BCUT2D eigenvalue weighted by atomic mass is 9.97. The molecule has 0 saturated carbocycles. The molecular formula is C24H23BrN4. The van der Waals surface area contributed by atoms with E-state index in [1.807, 2.05) is 24.5 Å². The highest BCUT2D eigenvalue weighted by Gasteiger charge is 2.24. The van der Waals surface area contributed by atoms with Crippen molar-refractivity contribution >= 4 is 27.0 Å². The Hall–Kier alpha value is -2.50. The molecule has 0 aliphatic carbocycles. The van der Waals surface area contributed by atoms with E-state index in [1.165, 1.54) is 29.5 Å². The predicted octanol–water partition coefficient (Wildman–Crippen LogP) is 5.77. The van der Waals surface area contributed by atoms with E-state index < -0.39 is 0 Å². The summed E-state index contributed by atoms with van der Waals surface area (Å²) in [5.74, 6) is 1.57. The van der Waals surface area contributed by atoms with Crippen LogP contribution < -0.4 is 0 Å². The molecule has 1 atom stereocenters. The van der Waals surface area contributed by atoms with E-state index in [4.69, 9.17) is 4.98 Å². The van der Waals surface area contributed by atoms with Crippen molar-refractivity contribution in [3.05, 3.63) is 82.9 Å². The molecule has 4 aromatic rings. The molecule has 0 spiro atoms. The topological polar surface area (TPSA) is 44.8 Å². The molecule has 1 saturated heterocycles. The molecule has 0 amide bonds. The van der Waals surface area contributed by atoms with Gasteiger partial charge in [0.1, 0.15) is 5.82 Å². The van der Waals surface area contributed by atoms with Gasteiger partial charge < -0.3 is 4.98 Å². The maximum atomic E-state index is 4.92. The fourth-order valence-corrected chi connectivity index (χ4v) is 4.48. The molecular weight excluding hydrogens is 424 g/mol. The van der Waals surface area contributed by atoms with E-state index in [1.54, 1.807) is 0 Å². The second-order valence-electron chi connectivity index (χ2n) is 7.79. The average Bonchev–Trinajstić information content (AvgIpc) is 3.20. The van der Waals surface area contributed by atoms with Gasteiger partial charge in [-0.05, 0) is 72.5 Å². The quantitative estimate of drug-likeness (QED) is 0.432. The summed E-state index contributed by atoms with van der Waals surface area (Å²) in [4.78, 5) is 15.2. The van der Waals surface area contributed by atoms with Crippen molar-refractivity contribution in [2.75, 3.05) is 13.1 Å². The van der Waals surface area contributed by atoms with Gasteiger partial charge >= 0.3 is 0 Å². The summed E-state index contributed by atoms with van der Waals surface area (Å²) in [6, 6.07) is 19.2. The van der Waals surface area contributed by atoms with Crippen LogP contribution in [0.15, 0.2) is 71.5 Å². The number of pyridine rings is 1. The van der Waals surface area contributed by atoms with Gasteiger partial charge in [-0.3, -0.25) is 9.88 Å². The highest BCUT2D eigenvalue weighted by atomic mass is 79.9. The third-order valence-electron chi connectivity index (χ3n) is 5.73. The van der Waals surface area contributed by atoms with Crippen molar-refractivity contribution in [3.8, 4) is 11.1 Å². The largest absolute Gasteiger partial charge is 0.342 e. The van der Waals surface area contributed by atoms with Crippen LogP contribution in [0.25, 0.3) is 22.2 Å². The molecule has 29 heavy (non-hydrogen) atoms. The molecule has 2 aromatic heterocycles. The van der Waals surface area contributed by atoms with Gasteiger partial charge in [0, 0.05) is 35.9 Å².